The Morgan fingerprint density at radius 3 is 3.22 bits per heavy atom. The highest BCUT2D eigenvalue weighted by molar-refractivity contribution is 5.73. The second-order valence-corrected chi connectivity index (χ2v) is 4.80. The van der Waals surface area contributed by atoms with Crippen LogP contribution >= 0.6 is 0 Å². The molecule has 0 radical (unpaired) electrons. The number of nitrogens with zero attached hydrogens (tertiary/aromatic N) is 1. The highest BCUT2D eigenvalue weighted by atomic mass is 16.5. The number of hydrogen-bond acceptors (Lipinski definition) is 4. The first-order chi connectivity index (χ1) is 8.81. The number of fused-ring (bicyclic) bond motifs is 1. The second kappa shape index (κ2) is 5.08. The molecule has 1 aromatic heterocycles. The van der Waals surface area contributed by atoms with Gasteiger partial charge in [-0.3, -0.25) is 0 Å². The molecule has 1 saturated heterocycles. The number of nitrogens with one attached hydrogen (secondary N) is 1. The van der Waals surface area contributed by atoms with Crippen LogP contribution in [-0.2, 0) is 11.2 Å². The van der Waals surface area contributed by atoms with Gasteiger partial charge in [0.1, 0.15) is 5.52 Å². The van der Waals surface area contributed by atoms with Crippen LogP contribution in [0.3, 0.4) is 0 Å². The van der Waals surface area contributed by atoms with Gasteiger partial charge in [-0.15, -0.1) is 0 Å². The number of oxazole rings is 1. The summed E-state index contributed by atoms with van der Waals surface area (Å²) < 4.78 is 11.0. The normalized spacial score (nSPS) is 20.4. The summed E-state index contributed by atoms with van der Waals surface area (Å²) in [5.41, 5.74) is 3.12. The molecular formula is C14H18N2O2. The van der Waals surface area contributed by atoms with Crippen molar-refractivity contribution < 1.29 is 9.15 Å². The first-order valence-electron chi connectivity index (χ1n) is 6.48. The molecule has 0 aliphatic carbocycles. The van der Waals surface area contributed by atoms with Crippen molar-refractivity contribution in [1.82, 2.24) is 10.3 Å². The molecule has 96 valence electrons. The molecule has 0 amide bonds. The van der Waals surface area contributed by atoms with Crippen LogP contribution in [0, 0.1) is 6.92 Å². The maximum Gasteiger partial charge on any atom is 0.192 e. The molecule has 2 aromatic rings. The lowest BCUT2D eigenvalue weighted by Crippen LogP contribution is -2.41. The molecule has 1 fully saturated rings. The lowest BCUT2D eigenvalue weighted by Gasteiger charge is -2.23. The molecule has 1 aromatic carbocycles. The zero-order valence-electron chi connectivity index (χ0n) is 10.6. The maximum atomic E-state index is 5.55. The van der Waals surface area contributed by atoms with Crippen molar-refractivity contribution in [2.24, 2.45) is 0 Å². The standard InChI is InChI=1S/C14H18N2O2/c1-10-16-13-5-3-11(8-14(13)18-10)2-4-12-9-17-7-6-15-12/h3,5,8,12,15H,2,4,6-7,9H2,1H3. The lowest BCUT2D eigenvalue weighted by atomic mass is 10.0. The van der Waals surface area contributed by atoms with Crippen LogP contribution in [-0.4, -0.2) is 30.8 Å². The maximum absolute atomic E-state index is 5.55. The van der Waals surface area contributed by atoms with Gasteiger partial charge in [-0.25, -0.2) is 4.98 Å². The molecule has 1 atom stereocenters. The number of benzene rings is 1. The molecule has 1 aliphatic rings. The number of aryl methyl sites for hydroxylation is 2. The first-order valence-corrected chi connectivity index (χ1v) is 6.48. The molecule has 0 bridgehead atoms. The molecule has 1 N–H and O–H groups in total. The Kier molecular flexibility index (Phi) is 3.30. The quantitative estimate of drug-likeness (QED) is 0.900. The monoisotopic (exact) mass is 246 g/mol. The van der Waals surface area contributed by atoms with E-state index in [1.807, 2.05) is 13.0 Å². The predicted octanol–water partition coefficient (Wildman–Crippen LogP) is 2.06. The SMILES string of the molecule is Cc1nc2ccc(CCC3COCCN3)cc2o1. The van der Waals surface area contributed by atoms with Crippen molar-refractivity contribution in [1.29, 1.82) is 0 Å². The molecule has 18 heavy (non-hydrogen) atoms. The van der Waals surface area contributed by atoms with Crippen molar-refractivity contribution in [2.75, 3.05) is 19.8 Å². The van der Waals surface area contributed by atoms with Gasteiger partial charge < -0.3 is 14.5 Å². The number of aromatic nitrogens is 1. The van der Waals surface area contributed by atoms with Gasteiger partial charge in [0.15, 0.2) is 11.5 Å². The van der Waals surface area contributed by atoms with Gasteiger partial charge in [0.25, 0.3) is 0 Å². The number of rotatable bonds is 3. The second-order valence-electron chi connectivity index (χ2n) is 4.80. The lowest BCUT2D eigenvalue weighted by molar-refractivity contribution is 0.0743. The van der Waals surface area contributed by atoms with E-state index in [0.29, 0.717) is 6.04 Å². The molecule has 1 unspecified atom stereocenters. The first kappa shape index (κ1) is 11.7. The third-order valence-electron chi connectivity index (χ3n) is 3.34. The van der Waals surface area contributed by atoms with Gasteiger partial charge in [-0.2, -0.15) is 0 Å². The Balaban J connectivity index is 1.66. The average molecular weight is 246 g/mol. The summed E-state index contributed by atoms with van der Waals surface area (Å²) in [6, 6.07) is 6.74. The van der Waals surface area contributed by atoms with E-state index in [1.165, 1.54) is 5.56 Å². The van der Waals surface area contributed by atoms with E-state index in [2.05, 4.69) is 22.4 Å². The molecule has 4 nitrogen and oxygen atoms in total. The summed E-state index contributed by atoms with van der Waals surface area (Å²) in [7, 11) is 0. The Morgan fingerprint density at radius 2 is 2.39 bits per heavy atom. The van der Waals surface area contributed by atoms with Crippen LogP contribution in [0.1, 0.15) is 17.9 Å². The van der Waals surface area contributed by atoms with Gasteiger partial charge in [-0.1, -0.05) is 6.07 Å². The summed E-state index contributed by atoms with van der Waals surface area (Å²) in [5, 5.41) is 3.47. The molecule has 2 heterocycles. The van der Waals surface area contributed by atoms with Crippen LogP contribution in [0.5, 0.6) is 0 Å². The third kappa shape index (κ3) is 2.54. The fourth-order valence-corrected chi connectivity index (χ4v) is 2.39. The van der Waals surface area contributed by atoms with Crippen molar-refractivity contribution in [2.45, 2.75) is 25.8 Å². The van der Waals surface area contributed by atoms with Crippen molar-refractivity contribution in [3.05, 3.63) is 29.7 Å². The topological polar surface area (TPSA) is 47.3 Å². The Bertz CT molecular complexity index is 530. The average Bonchev–Trinajstić information content (AvgIpc) is 2.77. The largest absolute Gasteiger partial charge is 0.441 e. The summed E-state index contributed by atoms with van der Waals surface area (Å²) in [5.74, 6) is 0.726. The Labute approximate surface area is 106 Å². The van der Waals surface area contributed by atoms with E-state index in [0.717, 1.165) is 49.6 Å². The molecule has 4 heteroatoms. The molecule has 3 rings (SSSR count). The molecular weight excluding hydrogens is 228 g/mol. The minimum Gasteiger partial charge on any atom is -0.441 e. The van der Waals surface area contributed by atoms with Crippen molar-refractivity contribution >= 4 is 11.1 Å². The summed E-state index contributed by atoms with van der Waals surface area (Å²) >= 11 is 0. The number of hydrogen-bond donors (Lipinski definition) is 1. The van der Waals surface area contributed by atoms with E-state index >= 15 is 0 Å². The number of ether oxygens (including phenoxy) is 1. The minimum atomic E-state index is 0.478. The zero-order chi connectivity index (χ0) is 12.4. The fraction of sp³-hybridized carbons (Fsp3) is 0.500. The smallest absolute Gasteiger partial charge is 0.192 e. The predicted molar refractivity (Wildman–Crippen MR) is 69.7 cm³/mol. The van der Waals surface area contributed by atoms with Gasteiger partial charge in [0.2, 0.25) is 0 Å². The van der Waals surface area contributed by atoms with E-state index in [9.17, 15) is 0 Å². The third-order valence-corrected chi connectivity index (χ3v) is 3.34. The fourth-order valence-electron chi connectivity index (χ4n) is 2.39. The molecule has 1 aliphatic heterocycles. The van der Waals surface area contributed by atoms with Crippen LogP contribution in [0.25, 0.3) is 11.1 Å². The van der Waals surface area contributed by atoms with Gasteiger partial charge in [0.05, 0.1) is 13.2 Å². The zero-order valence-corrected chi connectivity index (χ0v) is 10.6. The highest BCUT2D eigenvalue weighted by Gasteiger charge is 2.13. The van der Waals surface area contributed by atoms with Crippen LogP contribution in [0.2, 0.25) is 0 Å². The van der Waals surface area contributed by atoms with Crippen LogP contribution in [0.4, 0.5) is 0 Å². The summed E-state index contributed by atoms with van der Waals surface area (Å²) in [6.07, 6.45) is 2.13. The van der Waals surface area contributed by atoms with Crippen molar-refractivity contribution in [3.63, 3.8) is 0 Å². The Hall–Kier alpha value is -1.39. The summed E-state index contributed by atoms with van der Waals surface area (Å²) in [6.45, 7) is 4.50. The molecule has 0 saturated carbocycles. The van der Waals surface area contributed by atoms with Gasteiger partial charge in [-0.05, 0) is 30.5 Å². The minimum absolute atomic E-state index is 0.478. The summed E-state index contributed by atoms with van der Waals surface area (Å²) in [4.78, 5) is 4.31. The van der Waals surface area contributed by atoms with E-state index in [4.69, 9.17) is 9.15 Å². The number of morpholine rings is 1. The highest BCUT2D eigenvalue weighted by Crippen LogP contribution is 2.18. The Morgan fingerprint density at radius 1 is 1.44 bits per heavy atom. The van der Waals surface area contributed by atoms with Crippen molar-refractivity contribution in [3.8, 4) is 0 Å². The van der Waals surface area contributed by atoms with Crippen LogP contribution in [0.15, 0.2) is 22.6 Å². The van der Waals surface area contributed by atoms with Gasteiger partial charge in [0, 0.05) is 19.5 Å². The van der Waals surface area contributed by atoms with Crippen LogP contribution < -0.4 is 5.32 Å². The molecule has 0 spiro atoms. The van der Waals surface area contributed by atoms with E-state index < -0.39 is 0 Å². The van der Waals surface area contributed by atoms with Gasteiger partial charge >= 0.3 is 0 Å². The van der Waals surface area contributed by atoms with E-state index in [-0.39, 0.29) is 0 Å². The van der Waals surface area contributed by atoms with E-state index in [1.54, 1.807) is 0 Å².